The Balaban J connectivity index is 1.35. The average Bonchev–Trinajstić information content (AvgIpc) is 3.57. The van der Waals surface area contributed by atoms with Crippen molar-refractivity contribution in [1.82, 2.24) is 30.0 Å². The van der Waals surface area contributed by atoms with Gasteiger partial charge in [-0.25, -0.2) is 18.4 Å². The Kier molecular flexibility index (Phi) is 8.27. The Bertz CT molecular complexity index is 1670. The number of anilines is 2. The molecule has 0 bridgehead atoms. The van der Waals surface area contributed by atoms with Crippen molar-refractivity contribution in [1.29, 1.82) is 0 Å². The van der Waals surface area contributed by atoms with Crippen LogP contribution in [0, 0.1) is 0 Å². The van der Waals surface area contributed by atoms with Crippen molar-refractivity contribution in [2.24, 2.45) is 0 Å². The van der Waals surface area contributed by atoms with Crippen LogP contribution in [0.25, 0.3) is 22.0 Å². The number of benzene rings is 1. The number of nitrogens with one attached hydrogen (secondary N) is 3. The normalized spacial score (nSPS) is 16.8. The number of carbonyl (C=O) groups excluding carboxylic acids is 1. The van der Waals surface area contributed by atoms with E-state index in [2.05, 4.69) is 60.8 Å². The maximum Gasteiger partial charge on any atom is 0.275 e. The molecule has 12 nitrogen and oxygen atoms in total. The van der Waals surface area contributed by atoms with E-state index in [1.165, 1.54) is 18.4 Å². The van der Waals surface area contributed by atoms with Crippen LogP contribution in [-0.2, 0) is 16.6 Å². The highest BCUT2D eigenvalue weighted by Gasteiger charge is 2.26. The van der Waals surface area contributed by atoms with Crippen molar-refractivity contribution in [3.05, 3.63) is 46.7 Å². The minimum Gasteiger partial charge on any atom is -0.480 e. The number of pyridine rings is 1. The number of H-pyrrole nitrogens is 1. The van der Waals surface area contributed by atoms with Gasteiger partial charge < -0.3 is 10.1 Å². The number of methoxy groups -OCH3 is 1. The topological polar surface area (TPSA) is 145 Å². The summed E-state index contributed by atoms with van der Waals surface area (Å²) in [6, 6.07) is 6.27. The summed E-state index contributed by atoms with van der Waals surface area (Å²) in [7, 11) is -2.15. The number of hydrogen-bond donors (Lipinski definition) is 3. The van der Waals surface area contributed by atoms with Crippen molar-refractivity contribution in [2.45, 2.75) is 39.4 Å². The number of sulfonamides is 1. The summed E-state index contributed by atoms with van der Waals surface area (Å²) in [5.41, 5.74) is 3.10. The van der Waals surface area contributed by atoms with Gasteiger partial charge in [-0.15, -0.1) is 11.3 Å². The van der Waals surface area contributed by atoms with Gasteiger partial charge in [0.05, 0.1) is 37.3 Å². The predicted octanol–water partition coefficient (Wildman–Crippen LogP) is 3.63. The molecule has 1 aliphatic heterocycles. The Labute approximate surface area is 243 Å². The van der Waals surface area contributed by atoms with E-state index >= 15 is 0 Å². The number of carbonyl (C=O) groups is 1. The number of aromatic amines is 1. The SMILES string of the molecule is COc1ncc(-c2cc(NC(=O)c3csc(CN4CCN(C(C)C)C(C)C4)n3)c3cn[nH]c3c2)cc1NS(C)(=O)=O. The first kappa shape index (κ1) is 28.9. The lowest BCUT2D eigenvalue weighted by Crippen LogP contribution is -2.53. The first-order chi connectivity index (χ1) is 19.5. The van der Waals surface area contributed by atoms with Crippen LogP contribution in [0.2, 0.25) is 0 Å². The molecule has 1 saturated heterocycles. The molecule has 0 spiro atoms. The Hall–Kier alpha value is -3.59. The molecular formula is C27H34N8O4S2. The minimum atomic E-state index is -3.56. The summed E-state index contributed by atoms with van der Waals surface area (Å²) in [4.78, 5) is 27.1. The molecule has 218 valence electrons. The van der Waals surface area contributed by atoms with Gasteiger partial charge in [0, 0.05) is 54.2 Å². The first-order valence-electron chi connectivity index (χ1n) is 13.2. The lowest BCUT2D eigenvalue weighted by Gasteiger charge is -2.41. The number of fused-ring (bicyclic) bond motifs is 1. The van der Waals surface area contributed by atoms with Gasteiger partial charge in [0.25, 0.3) is 5.91 Å². The fourth-order valence-electron chi connectivity index (χ4n) is 5.19. The monoisotopic (exact) mass is 598 g/mol. The van der Waals surface area contributed by atoms with Gasteiger partial charge in [0.2, 0.25) is 15.9 Å². The molecule has 1 fully saturated rings. The predicted molar refractivity (Wildman–Crippen MR) is 161 cm³/mol. The number of ether oxygens (including phenoxy) is 1. The summed E-state index contributed by atoms with van der Waals surface area (Å²) < 4.78 is 31.4. The van der Waals surface area contributed by atoms with Crippen LogP contribution in [0.15, 0.2) is 36.0 Å². The van der Waals surface area contributed by atoms with E-state index in [9.17, 15) is 13.2 Å². The number of rotatable bonds is 9. The molecular weight excluding hydrogens is 564 g/mol. The largest absolute Gasteiger partial charge is 0.480 e. The van der Waals surface area contributed by atoms with Gasteiger partial charge in [-0.3, -0.25) is 24.4 Å². The van der Waals surface area contributed by atoms with E-state index < -0.39 is 10.0 Å². The summed E-state index contributed by atoms with van der Waals surface area (Å²) in [5, 5.41) is 13.5. The zero-order valence-electron chi connectivity index (χ0n) is 23.6. The molecule has 5 rings (SSSR count). The second-order valence-electron chi connectivity index (χ2n) is 10.5. The van der Waals surface area contributed by atoms with Crippen molar-refractivity contribution in [2.75, 3.05) is 43.0 Å². The molecule has 0 radical (unpaired) electrons. The van der Waals surface area contributed by atoms with E-state index in [1.54, 1.807) is 29.9 Å². The number of amides is 1. The number of hydrogen-bond acceptors (Lipinski definition) is 10. The molecule has 4 aromatic rings. The first-order valence-corrected chi connectivity index (χ1v) is 16.0. The lowest BCUT2D eigenvalue weighted by molar-refractivity contribution is 0.0564. The van der Waals surface area contributed by atoms with E-state index in [4.69, 9.17) is 4.74 Å². The van der Waals surface area contributed by atoms with Crippen molar-refractivity contribution in [3.63, 3.8) is 0 Å². The van der Waals surface area contributed by atoms with Crippen molar-refractivity contribution in [3.8, 4) is 17.0 Å². The molecule has 1 aliphatic rings. The van der Waals surface area contributed by atoms with Crippen LogP contribution in [-0.4, -0.2) is 89.4 Å². The molecule has 3 aromatic heterocycles. The smallest absolute Gasteiger partial charge is 0.275 e. The Morgan fingerprint density at radius 2 is 1.98 bits per heavy atom. The molecule has 0 aliphatic carbocycles. The van der Waals surface area contributed by atoms with Crippen LogP contribution >= 0.6 is 11.3 Å². The van der Waals surface area contributed by atoms with E-state index in [-0.39, 0.29) is 17.5 Å². The number of piperazine rings is 1. The summed E-state index contributed by atoms with van der Waals surface area (Å²) in [5.74, 6) is -0.177. The average molecular weight is 599 g/mol. The number of nitrogens with zero attached hydrogens (tertiary/aromatic N) is 5. The van der Waals surface area contributed by atoms with Gasteiger partial charge in [0.15, 0.2) is 0 Å². The molecule has 1 amide bonds. The van der Waals surface area contributed by atoms with E-state index in [0.29, 0.717) is 46.7 Å². The fourth-order valence-corrected chi connectivity index (χ4v) is 6.55. The fraction of sp³-hybridized carbons (Fsp3) is 0.407. The lowest BCUT2D eigenvalue weighted by atomic mass is 10.0. The highest BCUT2D eigenvalue weighted by Crippen LogP contribution is 2.34. The third kappa shape index (κ3) is 6.67. The molecule has 4 heterocycles. The van der Waals surface area contributed by atoms with E-state index in [1.807, 2.05) is 6.07 Å². The third-order valence-electron chi connectivity index (χ3n) is 7.05. The Morgan fingerprint density at radius 1 is 1.20 bits per heavy atom. The highest BCUT2D eigenvalue weighted by molar-refractivity contribution is 7.92. The van der Waals surface area contributed by atoms with Crippen LogP contribution in [0.1, 0.15) is 36.3 Å². The third-order valence-corrected chi connectivity index (χ3v) is 8.47. The number of thiazole rings is 1. The zero-order valence-corrected chi connectivity index (χ0v) is 25.3. The highest BCUT2D eigenvalue weighted by atomic mass is 32.2. The maximum atomic E-state index is 13.3. The summed E-state index contributed by atoms with van der Waals surface area (Å²) in [6.07, 6.45) is 4.27. The minimum absolute atomic E-state index is 0.144. The van der Waals surface area contributed by atoms with E-state index in [0.717, 1.165) is 36.3 Å². The standard InChI is InChI=1S/C27H34N8O4S2/c1-16(2)35-7-6-34(13-17(35)3)14-25-30-24(15-40-25)26(36)31-21-8-18(9-22-20(21)12-29-32-22)19-10-23(33-41(5,37)38)27(39-4)28-11-19/h8-12,15-17,33H,6-7,13-14H2,1-5H3,(H,29,32)(H,31,36). The van der Waals surface area contributed by atoms with Gasteiger partial charge >= 0.3 is 0 Å². The Morgan fingerprint density at radius 3 is 2.68 bits per heavy atom. The summed E-state index contributed by atoms with van der Waals surface area (Å²) >= 11 is 1.48. The maximum absolute atomic E-state index is 13.3. The molecule has 1 aromatic carbocycles. The molecule has 3 N–H and O–H groups in total. The molecule has 0 saturated carbocycles. The van der Waals surface area contributed by atoms with Crippen LogP contribution in [0.4, 0.5) is 11.4 Å². The second-order valence-corrected chi connectivity index (χ2v) is 13.2. The quantitative estimate of drug-likeness (QED) is 0.263. The van der Waals surface area contributed by atoms with Gasteiger partial charge in [0.1, 0.15) is 16.4 Å². The van der Waals surface area contributed by atoms with Gasteiger partial charge in [-0.1, -0.05) is 0 Å². The molecule has 1 unspecified atom stereocenters. The van der Waals surface area contributed by atoms with Crippen molar-refractivity contribution >= 4 is 49.5 Å². The zero-order chi connectivity index (χ0) is 29.3. The van der Waals surface area contributed by atoms with Crippen LogP contribution < -0.4 is 14.8 Å². The number of aromatic nitrogens is 4. The summed E-state index contributed by atoms with van der Waals surface area (Å²) in [6.45, 7) is 10.4. The van der Waals surface area contributed by atoms with Gasteiger partial charge in [-0.05, 0) is 44.5 Å². The van der Waals surface area contributed by atoms with Crippen molar-refractivity contribution < 1.29 is 17.9 Å². The molecule has 14 heteroatoms. The second kappa shape index (κ2) is 11.7. The molecule has 1 atom stereocenters. The van der Waals surface area contributed by atoms with Crippen LogP contribution in [0.3, 0.4) is 0 Å². The van der Waals surface area contributed by atoms with Crippen LogP contribution in [0.5, 0.6) is 5.88 Å². The van der Waals surface area contributed by atoms with Gasteiger partial charge in [-0.2, -0.15) is 5.10 Å². The molecule has 41 heavy (non-hydrogen) atoms.